The fourth-order valence-corrected chi connectivity index (χ4v) is 2.99. The number of hydrogen-bond donors (Lipinski definition) is 0. The smallest absolute Gasteiger partial charge is 0.223 e. The largest absolute Gasteiger partial charge is 0.340 e. The van der Waals surface area contributed by atoms with Gasteiger partial charge in [0, 0.05) is 44.9 Å². The number of carbonyl (C=O) groups excluding carboxylic acids is 1. The van der Waals surface area contributed by atoms with Gasteiger partial charge in [0.2, 0.25) is 5.91 Å². The minimum atomic E-state index is -3.05. The minimum absolute atomic E-state index is 0.0341. The summed E-state index contributed by atoms with van der Waals surface area (Å²) in [5.41, 5.74) is 0. The second-order valence-corrected chi connectivity index (χ2v) is 7.69. The maximum atomic E-state index is 11.9. The van der Waals surface area contributed by atoms with E-state index >= 15 is 0 Å². The second kappa shape index (κ2) is 7.24. The predicted molar refractivity (Wildman–Crippen MR) is 76.9 cm³/mol. The van der Waals surface area contributed by atoms with Crippen LogP contribution in [0.1, 0.15) is 33.1 Å². The minimum Gasteiger partial charge on any atom is -0.340 e. The van der Waals surface area contributed by atoms with E-state index in [9.17, 15) is 13.2 Å². The number of hydrogen-bond acceptors (Lipinski definition) is 4. The van der Waals surface area contributed by atoms with Gasteiger partial charge >= 0.3 is 0 Å². The van der Waals surface area contributed by atoms with Gasteiger partial charge in [0.05, 0.1) is 5.75 Å². The molecule has 6 heteroatoms. The number of sulfone groups is 1. The molecule has 1 rings (SSSR count). The van der Waals surface area contributed by atoms with Crippen molar-refractivity contribution in [3.8, 4) is 0 Å². The van der Waals surface area contributed by atoms with Crippen molar-refractivity contribution in [3.05, 3.63) is 0 Å². The Hall–Kier alpha value is -0.620. The van der Waals surface area contributed by atoms with E-state index in [0.29, 0.717) is 6.04 Å². The first-order valence-electron chi connectivity index (χ1n) is 7.03. The number of piperazine rings is 1. The first kappa shape index (κ1) is 16.4. The van der Waals surface area contributed by atoms with Crippen LogP contribution in [0.25, 0.3) is 0 Å². The van der Waals surface area contributed by atoms with Gasteiger partial charge in [-0.05, 0) is 13.3 Å². The van der Waals surface area contributed by atoms with Crippen LogP contribution in [0.5, 0.6) is 0 Å². The third-order valence-corrected chi connectivity index (χ3v) is 4.63. The molecular weight excluding hydrogens is 264 g/mol. The highest BCUT2D eigenvalue weighted by Crippen LogP contribution is 2.11. The van der Waals surface area contributed by atoms with E-state index in [1.807, 2.05) is 0 Å². The van der Waals surface area contributed by atoms with Gasteiger partial charge in [0.15, 0.2) is 0 Å². The lowest BCUT2D eigenvalue weighted by Crippen LogP contribution is -2.51. The lowest BCUT2D eigenvalue weighted by Gasteiger charge is -2.38. The first-order valence-corrected chi connectivity index (χ1v) is 9.09. The van der Waals surface area contributed by atoms with Crippen LogP contribution in [-0.4, -0.2) is 68.4 Å². The fourth-order valence-electron chi connectivity index (χ4n) is 2.44. The van der Waals surface area contributed by atoms with Crippen LogP contribution in [0.3, 0.4) is 0 Å². The van der Waals surface area contributed by atoms with E-state index in [4.69, 9.17) is 0 Å². The normalized spacial score (nSPS) is 19.4. The van der Waals surface area contributed by atoms with Gasteiger partial charge < -0.3 is 4.90 Å². The van der Waals surface area contributed by atoms with Crippen LogP contribution < -0.4 is 0 Å². The third kappa shape index (κ3) is 5.91. The molecule has 0 aromatic carbocycles. The molecule has 0 aromatic rings. The molecule has 0 N–H and O–H groups in total. The topological polar surface area (TPSA) is 57.7 Å². The molecule has 1 heterocycles. The van der Waals surface area contributed by atoms with Crippen LogP contribution in [-0.2, 0) is 14.6 Å². The van der Waals surface area contributed by atoms with Crippen molar-refractivity contribution in [2.24, 2.45) is 0 Å². The molecule has 5 nitrogen and oxygen atoms in total. The molecule has 0 saturated carbocycles. The van der Waals surface area contributed by atoms with Crippen molar-refractivity contribution < 1.29 is 13.2 Å². The zero-order chi connectivity index (χ0) is 14.5. The van der Waals surface area contributed by atoms with Crippen molar-refractivity contribution in [2.45, 2.75) is 39.2 Å². The van der Waals surface area contributed by atoms with Gasteiger partial charge in [-0.15, -0.1) is 0 Å². The second-order valence-electron chi connectivity index (χ2n) is 5.43. The molecule has 19 heavy (non-hydrogen) atoms. The summed E-state index contributed by atoms with van der Waals surface area (Å²) in [6.45, 7) is 7.64. The van der Waals surface area contributed by atoms with Gasteiger partial charge in [-0.3, -0.25) is 9.69 Å². The van der Waals surface area contributed by atoms with Crippen molar-refractivity contribution >= 4 is 15.7 Å². The lowest BCUT2D eigenvalue weighted by molar-refractivity contribution is -0.132. The zero-order valence-corrected chi connectivity index (χ0v) is 13.1. The van der Waals surface area contributed by atoms with Crippen LogP contribution in [0, 0.1) is 0 Å². The van der Waals surface area contributed by atoms with Crippen molar-refractivity contribution in [1.29, 1.82) is 0 Å². The standard InChI is InChI=1S/C13H26N2O3S/c1-4-5-12(2)14-7-9-15(10-8-14)13(16)6-11-19(3,17)18/h12H,4-11H2,1-3H3. The average molecular weight is 290 g/mol. The Bertz CT molecular complexity index is 387. The summed E-state index contributed by atoms with van der Waals surface area (Å²) in [4.78, 5) is 16.1. The third-order valence-electron chi connectivity index (χ3n) is 3.68. The highest BCUT2D eigenvalue weighted by atomic mass is 32.2. The van der Waals surface area contributed by atoms with Crippen molar-refractivity contribution in [3.63, 3.8) is 0 Å². The highest BCUT2D eigenvalue weighted by Gasteiger charge is 2.23. The first-order chi connectivity index (χ1) is 8.83. The molecule has 1 fully saturated rings. The Labute approximate surface area is 116 Å². The molecule has 1 atom stereocenters. The highest BCUT2D eigenvalue weighted by molar-refractivity contribution is 7.90. The Kier molecular flexibility index (Phi) is 6.26. The molecule has 1 aliphatic rings. The van der Waals surface area contributed by atoms with Gasteiger partial charge in [0.25, 0.3) is 0 Å². The molecule has 0 aromatic heterocycles. The van der Waals surface area contributed by atoms with Crippen LogP contribution in [0.15, 0.2) is 0 Å². The molecule has 112 valence electrons. The maximum absolute atomic E-state index is 11.9. The summed E-state index contributed by atoms with van der Waals surface area (Å²) < 4.78 is 22.1. The number of rotatable bonds is 6. The molecule has 1 aliphatic heterocycles. The summed E-state index contributed by atoms with van der Waals surface area (Å²) in [7, 11) is -3.05. The lowest BCUT2D eigenvalue weighted by atomic mass is 10.1. The number of nitrogens with zero attached hydrogens (tertiary/aromatic N) is 2. The summed E-state index contributed by atoms with van der Waals surface area (Å²) >= 11 is 0. The Morgan fingerprint density at radius 1 is 1.21 bits per heavy atom. The predicted octanol–water partition coefficient (Wildman–Crippen LogP) is 0.754. The van der Waals surface area contributed by atoms with Gasteiger partial charge in [-0.2, -0.15) is 0 Å². The Morgan fingerprint density at radius 2 is 1.79 bits per heavy atom. The molecule has 0 aliphatic carbocycles. The fraction of sp³-hybridized carbons (Fsp3) is 0.923. The average Bonchev–Trinajstić information content (AvgIpc) is 2.35. The summed E-state index contributed by atoms with van der Waals surface area (Å²) in [5.74, 6) is -0.0774. The molecule has 1 amide bonds. The van der Waals surface area contributed by atoms with Gasteiger partial charge in [0.1, 0.15) is 9.84 Å². The molecule has 0 bridgehead atoms. The van der Waals surface area contributed by atoms with Crippen LogP contribution in [0.2, 0.25) is 0 Å². The molecule has 1 unspecified atom stereocenters. The maximum Gasteiger partial charge on any atom is 0.223 e. The summed E-state index contributed by atoms with van der Waals surface area (Å²) in [5, 5.41) is 0. The van der Waals surface area contributed by atoms with Gasteiger partial charge in [-0.25, -0.2) is 8.42 Å². The molecule has 0 radical (unpaired) electrons. The number of carbonyl (C=O) groups is 1. The van der Waals surface area contributed by atoms with E-state index in [1.54, 1.807) is 4.90 Å². The Morgan fingerprint density at radius 3 is 2.26 bits per heavy atom. The quantitative estimate of drug-likeness (QED) is 0.724. The summed E-state index contributed by atoms with van der Waals surface area (Å²) in [6, 6.07) is 0.568. The van der Waals surface area contributed by atoms with Crippen molar-refractivity contribution in [1.82, 2.24) is 9.80 Å². The zero-order valence-electron chi connectivity index (χ0n) is 12.3. The van der Waals surface area contributed by atoms with E-state index in [2.05, 4.69) is 18.7 Å². The van der Waals surface area contributed by atoms with E-state index in [0.717, 1.165) is 26.2 Å². The molecule has 1 saturated heterocycles. The molecule has 0 spiro atoms. The van der Waals surface area contributed by atoms with Gasteiger partial charge in [-0.1, -0.05) is 13.3 Å². The summed E-state index contributed by atoms with van der Waals surface area (Å²) in [6.07, 6.45) is 3.64. The number of amides is 1. The van der Waals surface area contributed by atoms with Crippen LogP contribution in [0.4, 0.5) is 0 Å². The van der Waals surface area contributed by atoms with E-state index in [-0.39, 0.29) is 18.1 Å². The van der Waals surface area contributed by atoms with E-state index < -0.39 is 9.84 Å². The Balaban J connectivity index is 2.35. The molecular formula is C13H26N2O3S. The van der Waals surface area contributed by atoms with Crippen LogP contribution >= 0.6 is 0 Å². The van der Waals surface area contributed by atoms with Crippen molar-refractivity contribution in [2.75, 3.05) is 38.2 Å². The SMILES string of the molecule is CCCC(C)N1CCN(C(=O)CCS(C)(=O)=O)CC1. The van der Waals surface area contributed by atoms with E-state index in [1.165, 1.54) is 19.1 Å². The monoisotopic (exact) mass is 290 g/mol.